The molecule has 1 aromatic rings. The van der Waals surface area contributed by atoms with E-state index in [9.17, 15) is 0 Å². The first-order chi connectivity index (χ1) is 8.99. The summed E-state index contributed by atoms with van der Waals surface area (Å²) in [5.74, 6) is 1.06. The molecule has 0 saturated heterocycles. The summed E-state index contributed by atoms with van der Waals surface area (Å²) in [6.07, 6.45) is 3.06. The van der Waals surface area contributed by atoms with Gasteiger partial charge in [0, 0.05) is 5.69 Å². The van der Waals surface area contributed by atoms with Crippen molar-refractivity contribution in [3.63, 3.8) is 0 Å². The molecule has 0 spiro atoms. The second-order valence-electron chi connectivity index (χ2n) is 5.12. The van der Waals surface area contributed by atoms with Crippen molar-refractivity contribution < 1.29 is 0 Å². The van der Waals surface area contributed by atoms with Crippen molar-refractivity contribution >= 4 is 11.8 Å². The lowest BCUT2D eigenvalue weighted by Crippen LogP contribution is -2.37. The van der Waals surface area contributed by atoms with Crippen molar-refractivity contribution in [3.8, 4) is 6.07 Å². The van der Waals surface area contributed by atoms with Crippen LogP contribution in [-0.2, 0) is 0 Å². The number of aromatic nitrogens is 1. The highest BCUT2D eigenvalue weighted by atomic mass is 32.2. The summed E-state index contributed by atoms with van der Waals surface area (Å²) in [4.78, 5) is 4.51. The van der Waals surface area contributed by atoms with Gasteiger partial charge in [0.05, 0.1) is 11.1 Å². The molecular formula is C15H23N3S. The van der Waals surface area contributed by atoms with Gasteiger partial charge in [-0.2, -0.15) is 5.26 Å². The van der Waals surface area contributed by atoms with Crippen molar-refractivity contribution in [1.29, 1.82) is 5.26 Å². The fourth-order valence-corrected chi connectivity index (χ4v) is 2.91. The first-order valence-electron chi connectivity index (χ1n) is 6.67. The molecule has 104 valence electrons. The van der Waals surface area contributed by atoms with Gasteiger partial charge in [0.2, 0.25) is 0 Å². The third-order valence-corrected chi connectivity index (χ3v) is 4.19. The van der Waals surface area contributed by atoms with E-state index in [1.807, 2.05) is 20.9 Å². The third-order valence-electron chi connectivity index (χ3n) is 3.19. The summed E-state index contributed by atoms with van der Waals surface area (Å²) in [7, 11) is 1.84. The highest BCUT2D eigenvalue weighted by Gasteiger charge is 2.19. The fourth-order valence-electron chi connectivity index (χ4n) is 1.87. The monoisotopic (exact) mass is 277 g/mol. The highest BCUT2D eigenvalue weighted by Crippen LogP contribution is 2.20. The summed E-state index contributed by atoms with van der Waals surface area (Å²) >= 11 is 1.80. The van der Waals surface area contributed by atoms with E-state index in [0.717, 1.165) is 35.7 Å². The summed E-state index contributed by atoms with van der Waals surface area (Å²) in [6, 6.07) is 6.54. The maximum absolute atomic E-state index is 9.05. The fraction of sp³-hybridized carbons (Fsp3) is 0.600. The number of aryl methyl sites for hydroxylation is 2. The van der Waals surface area contributed by atoms with E-state index < -0.39 is 0 Å². The largest absolute Gasteiger partial charge is 0.303 e. The predicted octanol–water partition coefficient (Wildman–Crippen LogP) is 3.46. The Labute approximate surface area is 120 Å². The third kappa shape index (κ3) is 5.63. The van der Waals surface area contributed by atoms with Crippen LogP contribution < -0.4 is 5.32 Å². The van der Waals surface area contributed by atoms with Crippen LogP contribution in [0.2, 0.25) is 0 Å². The summed E-state index contributed by atoms with van der Waals surface area (Å²) in [5, 5.41) is 13.2. The Morgan fingerprint density at radius 2 is 2.11 bits per heavy atom. The van der Waals surface area contributed by atoms with Gasteiger partial charge in [-0.15, -0.1) is 11.8 Å². The molecule has 1 heterocycles. The SMILES string of the molecule is CNC(C)(C#N)CCCCSc1cc(C)cc(C)n1. The van der Waals surface area contributed by atoms with Gasteiger partial charge in [-0.05, 0) is 70.5 Å². The minimum Gasteiger partial charge on any atom is -0.303 e. The van der Waals surface area contributed by atoms with Crippen LogP contribution in [0, 0.1) is 25.2 Å². The Bertz CT molecular complexity index is 433. The second kappa shape index (κ2) is 7.52. The van der Waals surface area contributed by atoms with E-state index in [4.69, 9.17) is 5.26 Å². The molecule has 3 nitrogen and oxygen atoms in total. The molecule has 1 N–H and O–H groups in total. The lowest BCUT2D eigenvalue weighted by atomic mass is 9.97. The first kappa shape index (κ1) is 16.0. The van der Waals surface area contributed by atoms with Crippen LogP contribution in [0.4, 0.5) is 0 Å². The number of thioether (sulfide) groups is 1. The average molecular weight is 277 g/mol. The van der Waals surface area contributed by atoms with Crippen LogP contribution in [0.25, 0.3) is 0 Å². The Balaban J connectivity index is 2.30. The molecule has 0 fully saturated rings. The molecule has 0 bridgehead atoms. The van der Waals surface area contributed by atoms with Gasteiger partial charge >= 0.3 is 0 Å². The smallest absolute Gasteiger partial charge is 0.103 e. The van der Waals surface area contributed by atoms with Crippen LogP contribution in [0.15, 0.2) is 17.2 Å². The summed E-state index contributed by atoms with van der Waals surface area (Å²) in [5.41, 5.74) is 1.96. The normalized spacial score (nSPS) is 13.8. The molecule has 1 aromatic heterocycles. The predicted molar refractivity (Wildman–Crippen MR) is 81.4 cm³/mol. The van der Waals surface area contributed by atoms with Crippen LogP contribution >= 0.6 is 11.8 Å². The van der Waals surface area contributed by atoms with E-state index in [1.165, 1.54) is 5.56 Å². The number of hydrogen-bond acceptors (Lipinski definition) is 4. The zero-order chi connectivity index (χ0) is 14.3. The minimum atomic E-state index is -0.386. The van der Waals surface area contributed by atoms with E-state index in [2.05, 4.69) is 35.4 Å². The maximum atomic E-state index is 9.05. The van der Waals surface area contributed by atoms with Crippen molar-refractivity contribution in [3.05, 3.63) is 23.4 Å². The molecule has 0 aromatic carbocycles. The van der Waals surface area contributed by atoms with Crippen molar-refractivity contribution in [2.24, 2.45) is 0 Å². The van der Waals surface area contributed by atoms with Gasteiger partial charge in [0.25, 0.3) is 0 Å². The van der Waals surface area contributed by atoms with E-state index in [0.29, 0.717) is 0 Å². The molecule has 1 atom stereocenters. The molecule has 0 radical (unpaired) electrons. The molecular weight excluding hydrogens is 254 g/mol. The first-order valence-corrected chi connectivity index (χ1v) is 7.66. The molecule has 1 unspecified atom stereocenters. The lowest BCUT2D eigenvalue weighted by Gasteiger charge is -2.20. The van der Waals surface area contributed by atoms with Crippen molar-refractivity contribution in [1.82, 2.24) is 10.3 Å². The number of nitrogens with zero attached hydrogens (tertiary/aromatic N) is 2. The van der Waals surface area contributed by atoms with Gasteiger partial charge in [0.1, 0.15) is 5.54 Å². The van der Waals surface area contributed by atoms with Crippen LogP contribution in [0.1, 0.15) is 37.4 Å². The lowest BCUT2D eigenvalue weighted by molar-refractivity contribution is 0.439. The number of pyridine rings is 1. The Kier molecular flexibility index (Phi) is 6.33. The van der Waals surface area contributed by atoms with Crippen molar-refractivity contribution in [2.45, 2.75) is 50.6 Å². The second-order valence-corrected chi connectivity index (χ2v) is 6.24. The van der Waals surface area contributed by atoms with Crippen molar-refractivity contribution in [2.75, 3.05) is 12.8 Å². The summed E-state index contributed by atoms with van der Waals surface area (Å²) < 4.78 is 0. The standard InChI is InChI=1S/C15H23N3S/c1-12-9-13(2)18-14(10-12)19-8-6-5-7-15(3,11-16)17-4/h9-10,17H,5-8H2,1-4H3. The number of nitrogens with one attached hydrogen (secondary N) is 1. The van der Waals surface area contributed by atoms with Gasteiger partial charge < -0.3 is 5.32 Å². The number of unbranched alkanes of at least 4 members (excludes halogenated alkanes) is 1. The van der Waals surface area contributed by atoms with E-state index >= 15 is 0 Å². The van der Waals surface area contributed by atoms with Gasteiger partial charge in [-0.3, -0.25) is 0 Å². The number of nitriles is 1. The molecule has 0 amide bonds. The Morgan fingerprint density at radius 3 is 2.68 bits per heavy atom. The average Bonchev–Trinajstić information content (AvgIpc) is 2.37. The highest BCUT2D eigenvalue weighted by molar-refractivity contribution is 7.99. The van der Waals surface area contributed by atoms with E-state index in [-0.39, 0.29) is 5.54 Å². The quantitative estimate of drug-likeness (QED) is 0.612. The molecule has 0 aliphatic carbocycles. The molecule has 1 rings (SSSR count). The minimum absolute atomic E-state index is 0.386. The molecule has 0 saturated carbocycles. The van der Waals surface area contributed by atoms with Crippen LogP contribution in [0.3, 0.4) is 0 Å². The Morgan fingerprint density at radius 1 is 1.37 bits per heavy atom. The van der Waals surface area contributed by atoms with Gasteiger partial charge in [-0.1, -0.05) is 0 Å². The molecule has 4 heteroatoms. The topological polar surface area (TPSA) is 48.7 Å². The van der Waals surface area contributed by atoms with Crippen LogP contribution in [-0.4, -0.2) is 23.3 Å². The van der Waals surface area contributed by atoms with Gasteiger partial charge in [-0.25, -0.2) is 4.98 Å². The number of hydrogen-bond donors (Lipinski definition) is 1. The zero-order valence-electron chi connectivity index (χ0n) is 12.3. The molecule has 0 aliphatic rings. The molecule has 0 aliphatic heterocycles. The molecule has 19 heavy (non-hydrogen) atoms. The summed E-state index contributed by atoms with van der Waals surface area (Å²) in [6.45, 7) is 6.08. The van der Waals surface area contributed by atoms with Crippen LogP contribution in [0.5, 0.6) is 0 Å². The van der Waals surface area contributed by atoms with E-state index in [1.54, 1.807) is 11.8 Å². The zero-order valence-corrected chi connectivity index (χ0v) is 13.1. The Hall–Kier alpha value is -1.05. The number of rotatable bonds is 7. The van der Waals surface area contributed by atoms with Gasteiger partial charge in [0.15, 0.2) is 0 Å². The maximum Gasteiger partial charge on any atom is 0.103 e.